The van der Waals surface area contributed by atoms with Crippen LogP contribution in [0.2, 0.25) is 0 Å². The van der Waals surface area contributed by atoms with E-state index in [1.807, 2.05) is 18.2 Å². The Morgan fingerprint density at radius 3 is 2.65 bits per heavy atom. The Morgan fingerprint density at radius 1 is 1.00 bits per heavy atom. The summed E-state index contributed by atoms with van der Waals surface area (Å²) in [4.78, 5) is 30.9. The van der Waals surface area contributed by atoms with E-state index in [4.69, 9.17) is 0 Å². The summed E-state index contributed by atoms with van der Waals surface area (Å²) in [6.07, 6.45) is 9.07. The van der Waals surface area contributed by atoms with Crippen LogP contribution in [-0.2, 0) is 6.42 Å². The van der Waals surface area contributed by atoms with Gasteiger partial charge in [-0.3, -0.25) is 19.9 Å². The first-order valence-corrected chi connectivity index (χ1v) is 10.3. The molecule has 156 valence electrons. The molecule has 0 radical (unpaired) electrons. The third-order valence-corrected chi connectivity index (χ3v) is 5.69. The van der Waals surface area contributed by atoms with Crippen LogP contribution in [0.5, 0.6) is 0 Å². The lowest BCUT2D eigenvalue weighted by molar-refractivity contribution is 0.0992. The molecule has 4 aromatic rings. The summed E-state index contributed by atoms with van der Waals surface area (Å²) in [7, 11) is 2.12. The maximum Gasteiger partial charge on any atom is 0.169 e. The summed E-state index contributed by atoms with van der Waals surface area (Å²) in [5, 5.41) is 8.72. The summed E-state index contributed by atoms with van der Waals surface area (Å²) in [5.74, 6) is 0.898. The Morgan fingerprint density at radius 2 is 1.84 bits per heavy atom. The standard InChI is InChI=1S/C23H23N7O/c1-29-4-6-30(7-5-29)23-10-16(2-3-24-23)22(31)11-20-8-17-9-21(19-14-27-28-15-19)26-13-18(17)12-25-20/h2-3,8-10,12-15H,4-7,11H2,1H3,(H,27,28). The molecule has 0 spiro atoms. The van der Waals surface area contributed by atoms with Crippen molar-refractivity contribution in [2.75, 3.05) is 38.1 Å². The van der Waals surface area contributed by atoms with Gasteiger partial charge in [0.25, 0.3) is 0 Å². The number of aromatic amines is 1. The fourth-order valence-corrected chi connectivity index (χ4v) is 3.80. The number of rotatable bonds is 5. The van der Waals surface area contributed by atoms with Gasteiger partial charge in [-0.15, -0.1) is 0 Å². The van der Waals surface area contributed by atoms with E-state index >= 15 is 0 Å². The zero-order valence-corrected chi connectivity index (χ0v) is 17.3. The van der Waals surface area contributed by atoms with E-state index in [-0.39, 0.29) is 12.2 Å². The van der Waals surface area contributed by atoms with Crippen LogP contribution >= 0.6 is 0 Å². The second-order valence-electron chi connectivity index (χ2n) is 7.87. The number of H-pyrrole nitrogens is 1. The van der Waals surface area contributed by atoms with Gasteiger partial charge in [-0.1, -0.05) is 0 Å². The minimum atomic E-state index is 0.0359. The van der Waals surface area contributed by atoms with Crippen molar-refractivity contribution in [2.45, 2.75) is 6.42 Å². The smallest absolute Gasteiger partial charge is 0.169 e. The van der Waals surface area contributed by atoms with E-state index in [9.17, 15) is 4.79 Å². The number of Topliss-reactive ketones (excluding diaryl/α,β-unsaturated/α-hetero) is 1. The minimum Gasteiger partial charge on any atom is -0.354 e. The zero-order chi connectivity index (χ0) is 21.2. The van der Waals surface area contributed by atoms with Crippen molar-refractivity contribution in [1.29, 1.82) is 0 Å². The molecule has 4 aromatic heterocycles. The predicted molar refractivity (Wildman–Crippen MR) is 119 cm³/mol. The molecule has 0 aliphatic carbocycles. The highest BCUT2D eigenvalue weighted by Gasteiger charge is 2.17. The molecule has 0 bridgehead atoms. The molecular weight excluding hydrogens is 390 g/mol. The van der Waals surface area contributed by atoms with Crippen LogP contribution in [0.4, 0.5) is 5.82 Å². The van der Waals surface area contributed by atoms with Crippen LogP contribution < -0.4 is 4.90 Å². The normalized spacial score (nSPS) is 14.8. The highest BCUT2D eigenvalue weighted by atomic mass is 16.1. The van der Waals surface area contributed by atoms with Crippen molar-refractivity contribution in [3.05, 3.63) is 66.5 Å². The predicted octanol–water partition coefficient (Wildman–Crippen LogP) is 2.59. The number of fused-ring (bicyclic) bond motifs is 1. The summed E-state index contributed by atoms with van der Waals surface area (Å²) < 4.78 is 0. The molecule has 0 saturated carbocycles. The fraction of sp³-hybridized carbons (Fsp3) is 0.261. The van der Waals surface area contributed by atoms with Crippen LogP contribution in [0.25, 0.3) is 22.0 Å². The van der Waals surface area contributed by atoms with Gasteiger partial charge in [0.15, 0.2) is 5.78 Å². The molecule has 8 heteroatoms. The fourth-order valence-electron chi connectivity index (χ4n) is 3.80. The number of nitrogens with zero attached hydrogens (tertiary/aromatic N) is 6. The van der Waals surface area contributed by atoms with Crippen molar-refractivity contribution in [3.8, 4) is 11.3 Å². The molecule has 1 aliphatic rings. The lowest BCUT2D eigenvalue weighted by atomic mass is 10.0. The van der Waals surface area contributed by atoms with E-state index in [0.717, 1.165) is 59.7 Å². The average molecular weight is 413 g/mol. The van der Waals surface area contributed by atoms with Crippen molar-refractivity contribution in [2.24, 2.45) is 0 Å². The number of hydrogen-bond donors (Lipinski definition) is 1. The second-order valence-corrected chi connectivity index (χ2v) is 7.87. The molecular formula is C23H23N7O. The maximum absolute atomic E-state index is 13.0. The number of pyridine rings is 3. The Balaban J connectivity index is 1.35. The van der Waals surface area contributed by atoms with Gasteiger partial charge in [0.05, 0.1) is 18.3 Å². The van der Waals surface area contributed by atoms with Gasteiger partial charge in [0.1, 0.15) is 5.82 Å². The zero-order valence-electron chi connectivity index (χ0n) is 17.3. The molecule has 0 atom stereocenters. The number of nitrogens with one attached hydrogen (secondary N) is 1. The first-order valence-electron chi connectivity index (χ1n) is 10.3. The quantitative estimate of drug-likeness (QED) is 0.503. The number of aromatic nitrogens is 5. The molecule has 5 heterocycles. The molecule has 5 rings (SSSR count). The van der Waals surface area contributed by atoms with Gasteiger partial charge in [0, 0.05) is 73.2 Å². The molecule has 1 fully saturated rings. The van der Waals surface area contributed by atoms with Crippen LogP contribution in [-0.4, -0.2) is 69.1 Å². The van der Waals surface area contributed by atoms with E-state index in [1.165, 1.54) is 0 Å². The molecule has 1 saturated heterocycles. The molecule has 0 unspecified atom stereocenters. The third-order valence-electron chi connectivity index (χ3n) is 5.69. The van der Waals surface area contributed by atoms with Crippen LogP contribution in [0.15, 0.2) is 55.2 Å². The molecule has 0 aromatic carbocycles. The molecule has 1 N–H and O–H groups in total. The maximum atomic E-state index is 13.0. The van der Waals surface area contributed by atoms with Gasteiger partial charge in [-0.25, -0.2) is 4.98 Å². The monoisotopic (exact) mass is 413 g/mol. The van der Waals surface area contributed by atoms with Crippen molar-refractivity contribution in [1.82, 2.24) is 30.0 Å². The first kappa shape index (κ1) is 19.3. The van der Waals surface area contributed by atoms with Gasteiger partial charge < -0.3 is 9.80 Å². The Bertz CT molecular complexity index is 1210. The second kappa shape index (κ2) is 8.23. The molecule has 1 aliphatic heterocycles. The van der Waals surface area contributed by atoms with E-state index in [0.29, 0.717) is 5.56 Å². The number of anilines is 1. The molecule has 0 amide bonds. The van der Waals surface area contributed by atoms with Crippen molar-refractivity contribution < 1.29 is 4.79 Å². The van der Waals surface area contributed by atoms with Gasteiger partial charge >= 0.3 is 0 Å². The lowest BCUT2D eigenvalue weighted by Crippen LogP contribution is -2.44. The van der Waals surface area contributed by atoms with Gasteiger partial charge in [0.2, 0.25) is 0 Å². The summed E-state index contributed by atoms with van der Waals surface area (Å²) in [6.45, 7) is 3.83. The number of carbonyl (C=O) groups excluding carboxylic acids is 1. The number of likely N-dealkylation sites (N-methyl/N-ethyl adjacent to an activating group) is 1. The van der Waals surface area contributed by atoms with Gasteiger partial charge in [-0.2, -0.15) is 5.10 Å². The summed E-state index contributed by atoms with van der Waals surface area (Å²) in [5.41, 5.74) is 3.15. The lowest BCUT2D eigenvalue weighted by Gasteiger charge is -2.33. The van der Waals surface area contributed by atoms with Crippen LogP contribution in [0.3, 0.4) is 0 Å². The largest absolute Gasteiger partial charge is 0.354 e. The van der Waals surface area contributed by atoms with E-state index in [2.05, 4.69) is 42.0 Å². The number of ketones is 1. The Hall–Kier alpha value is -3.65. The Labute approximate surface area is 180 Å². The van der Waals surface area contributed by atoms with Crippen LogP contribution in [0.1, 0.15) is 16.1 Å². The van der Waals surface area contributed by atoms with Crippen molar-refractivity contribution >= 4 is 22.4 Å². The molecule has 31 heavy (non-hydrogen) atoms. The van der Waals surface area contributed by atoms with E-state index < -0.39 is 0 Å². The number of hydrogen-bond acceptors (Lipinski definition) is 7. The number of piperazine rings is 1. The van der Waals surface area contributed by atoms with Crippen molar-refractivity contribution in [3.63, 3.8) is 0 Å². The highest BCUT2D eigenvalue weighted by molar-refractivity contribution is 5.98. The highest BCUT2D eigenvalue weighted by Crippen LogP contribution is 2.22. The third kappa shape index (κ3) is 4.15. The van der Waals surface area contributed by atoms with Crippen LogP contribution in [0, 0.1) is 0 Å². The summed E-state index contributed by atoms with van der Waals surface area (Å²) in [6, 6.07) is 7.63. The first-order chi connectivity index (χ1) is 15.2. The topological polar surface area (TPSA) is 90.9 Å². The Kier molecular flexibility index (Phi) is 5.13. The van der Waals surface area contributed by atoms with E-state index in [1.54, 1.807) is 37.1 Å². The molecule has 8 nitrogen and oxygen atoms in total. The van der Waals surface area contributed by atoms with Gasteiger partial charge in [-0.05, 0) is 36.7 Å². The number of carbonyl (C=O) groups is 1. The summed E-state index contributed by atoms with van der Waals surface area (Å²) >= 11 is 0. The average Bonchev–Trinajstić information content (AvgIpc) is 3.34. The minimum absolute atomic E-state index is 0.0359. The SMILES string of the molecule is CN1CCN(c2cc(C(=O)Cc3cc4cc(-c5cn[nH]c5)ncc4cn3)ccn2)CC1.